The Hall–Kier alpha value is -1.50. The highest BCUT2D eigenvalue weighted by Crippen LogP contribution is 2.40. The smallest absolute Gasteiger partial charge is 0.280 e. The Morgan fingerprint density at radius 1 is 1.57 bits per heavy atom. The molecule has 1 aliphatic carbocycles. The minimum absolute atomic E-state index is 0.166. The Kier molecular flexibility index (Phi) is 5.67. The summed E-state index contributed by atoms with van der Waals surface area (Å²) in [6.07, 6.45) is 0.0659. The van der Waals surface area contributed by atoms with Gasteiger partial charge in [-0.1, -0.05) is 0 Å². The molecule has 118 valence electrons. The highest BCUT2D eigenvalue weighted by Gasteiger charge is 2.29. The molecule has 1 aliphatic rings. The number of aromatic nitrogens is 2. The fourth-order valence-electron chi connectivity index (χ4n) is 2.07. The lowest BCUT2D eigenvalue weighted by atomic mass is 10.3. The van der Waals surface area contributed by atoms with Crippen molar-refractivity contribution >= 4 is 5.91 Å². The van der Waals surface area contributed by atoms with Crippen molar-refractivity contribution in [2.45, 2.75) is 45.1 Å². The van der Waals surface area contributed by atoms with Crippen LogP contribution in [0.25, 0.3) is 0 Å². The summed E-state index contributed by atoms with van der Waals surface area (Å²) < 4.78 is 32.2. The lowest BCUT2D eigenvalue weighted by Gasteiger charge is -2.08. The fourth-order valence-corrected chi connectivity index (χ4v) is 2.07. The number of carbonyl (C=O) groups excluding carboxylic acids is 1. The van der Waals surface area contributed by atoms with Gasteiger partial charge in [0.05, 0.1) is 5.69 Å². The van der Waals surface area contributed by atoms with Gasteiger partial charge >= 0.3 is 0 Å². The number of halogens is 2. The Labute approximate surface area is 122 Å². The lowest BCUT2D eigenvalue weighted by molar-refractivity contribution is -0.122. The van der Waals surface area contributed by atoms with Crippen molar-refractivity contribution in [1.29, 1.82) is 0 Å². The van der Waals surface area contributed by atoms with Gasteiger partial charge in [-0.05, 0) is 32.3 Å². The van der Waals surface area contributed by atoms with Crippen LogP contribution < -0.4 is 5.32 Å². The molecule has 2 rings (SSSR count). The quantitative estimate of drug-likeness (QED) is 0.712. The minimum atomic E-state index is -2.62. The van der Waals surface area contributed by atoms with E-state index in [0.717, 1.165) is 17.5 Å². The summed E-state index contributed by atoms with van der Waals surface area (Å²) in [7, 11) is 0. The number of amides is 1. The third-order valence-electron chi connectivity index (χ3n) is 3.33. The first kappa shape index (κ1) is 15.9. The van der Waals surface area contributed by atoms with Crippen LogP contribution in [-0.4, -0.2) is 35.4 Å². The minimum Gasteiger partial charge on any atom is -0.382 e. The van der Waals surface area contributed by atoms with Gasteiger partial charge in [-0.2, -0.15) is 5.10 Å². The highest BCUT2D eigenvalue weighted by molar-refractivity contribution is 5.75. The number of alkyl halides is 2. The second kappa shape index (κ2) is 7.49. The number of hydrogen-bond acceptors (Lipinski definition) is 3. The standard InChI is InChI=1S/C14H21F2N3O2/c1-2-21-7-3-6-17-13(20)9-19-12(14(15)16)8-11(18-19)10-4-5-10/h8,10,14H,2-7,9H2,1H3,(H,17,20). The van der Waals surface area contributed by atoms with Crippen molar-refractivity contribution in [3.05, 3.63) is 17.5 Å². The SMILES string of the molecule is CCOCCCNC(=O)Cn1nc(C2CC2)cc1C(F)F. The Bertz CT molecular complexity index is 473. The van der Waals surface area contributed by atoms with Crippen molar-refractivity contribution in [2.24, 2.45) is 0 Å². The normalized spacial score (nSPS) is 14.7. The molecule has 1 N–H and O–H groups in total. The maximum Gasteiger partial charge on any atom is 0.280 e. The van der Waals surface area contributed by atoms with E-state index in [1.54, 1.807) is 0 Å². The Balaban J connectivity index is 1.84. The van der Waals surface area contributed by atoms with Gasteiger partial charge in [-0.25, -0.2) is 8.78 Å². The van der Waals surface area contributed by atoms with Gasteiger partial charge in [-0.15, -0.1) is 0 Å². The van der Waals surface area contributed by atoms with Crippen molar-refractivity contribution in [1.82, 2.24) is 15.1 Å². The topological polar surface area (TPSA) is 56.1 Å². The van der Waals surface area contributed by atoms with Crippen LogP contribution in [0.1, 0.15) is 49.9 Å². The maximum absolute atomic E-state index is 13.0. The van der Waals surface area contributed by atoms with Gasteiger partial charge in [-0.3, -0.25) is 9.48 Å². The molecular formula is C14H21F2N3O2. The molecule has 0 spiro atoms. The summed E-state index contributed by atoms with van der Waals surface area (Å²) >= 11 is 0. The third kappa shape index (κ3) is 4.77. The van der Waals surface area contributed by atoms with Crippen molar-refractivity contribution in [3.63, 3.8) is 0 Å². The number of nitrogens with zero attached hydrogens (tertiary/aromatic N) is 2. The Morgan fingerprint density at radius 3 is 2.95 bits per heavy atom. The highest BCUT2D eigenvalue weighted by atomic mass is 19.3. The van der Waals surface area contributed by atoms with E-state index in [9.17, 15) is 13.6 Å². The van der Waals surface area contributed by atoms with Crippen LogP contribution in [0.2, 0.25) is 0 Å². The molecule has 1 aromatic heterocycles. The Morgan fingerprint density at radius 2 is 2.33 bits per heavy atom. The molecule has 0 saturated heterocycles. The van der Waals surface area contributed by atoms with E-state index in [2.05, 4.69) is 10.4 Å². The second-order valence-electron chi connectivity index (χ2n) is 5.13. The fraction of sp³-hybridized carbons (Fsp3) is 0.714. The predicted molar refractivity (Wildman–Crippen MR) is 73.3 cm³/mol. The van der Waals surface area contributed by atoms with Gasteiger partial charge in [0.2, 0.25) is 5.91 Å². The molecular weight excluding hydrogens is 280 g/mol. The van der Waals surface area contributed by atoms with E-state index in [1.165, 1.54) is 6.07 Å². The van der Waals surface area contributed by atoms with E-state index >= 15 is 0 Å². The number of rotatable bonds is 9. The second-order valence-corrected chi connectivity index (χ2v) is 5.13. The molecule has 5 nitrogen and oxygen atoms in total. The zero-order valence-electron chi connectivity index (χ0n) is 12.1. The van der Waals surface area contributed by atoms with Crippen molar-refractivity contribution in [3.8, 4) is 0 Å². The van der Waals surface area contributed by atoms with E-state index < -0.39 is 6.43 Å². The van der Waals surface area contributed by atoms with Gasteiger partial charge in [0.25, 0.3) is 6.43 Å². The molecule has 1 heterocycles. The molecule has 1 aromatic rings. The van der Waals surface area contributed by atoms with E-state index in [-0.39, 0.29) is 24.1 Å². The zero-order chi connectivity index (χ0) is 15.2. The van der Waals surface area contributed by atoms with Gasteiger partial charge in [0.1, 0.15) is 12.2 Å². The largest absolute Gasteiger partial charge is 0.382 e. The summed E-state index contributed by atoms with van der Waals surface area (Å²) in [5.41, 5.74) is 0.496. The first-order chi connectivity index (χ1) is 10.1. The number of carbonyl (C=O) groups is 1. The summed E-state index contributed by atoms with van der Waals surface area (Å²) in [6, 6.07) is 1.42. The maximum atomic E-state index is 13.0. The molecule has 0 aromatic carbocycles. The van der Waals surface area contributed by atoms with Crippen LogP contribution in [0.3, 0.4) is 0 Å². The predicted octanol–water partition coefficient (Wildman–Crippen LogP) is 2.24. The third-order valence-corrected chi connectivity index (χ3v) is 3.33. The van der Waals surface area contributed by atoms with Crippen molar-refractivity contribution in [2.75, 3.05) is 19.8 Å². The number of hydrogen-bond donors (Lipinski definition) is 1. The van der Waals surface area contributed by atoms with Crippen LogP contribution >= 0.6 is 0 Å². The molecule has 21 heavy (non-hydrogen) atoms. The van der Waals surface area contributed by atoms with Crippen molar-refractivity contribution < 1.29 is 18.3 Å². The molecule has 1 fully saturated rings. The van der Waals surface area contributed by atoms with Gasteiger partial charge < -0.3 is 10.1 Å². The van der Waals surface area contributed by atoms with Crippen LogP contribution in [0, 0.1) is 0 Å². The molecule has 0 atom stereocenters. The van der Waals surface area contributed by atoms with Crippen LogP contribution in [0.15, 0.2) is 6.07 Å². The number of nitrogens with one attached hydrogen (secondary N) is 1. The number of ether oxygens (including phenoxy) is 1. The average molecular weight is 301 g/mol. The first-order valence-electron chi connectivity index (χ1n) is 7.32. The molecule has 0 radical (unpaired) electrons. The zero-order valence-corrected chi connectivity index (χ0v) is 12.1. The molecule has 7 heteroatoms. The molecule has 0 unspecified atom stereocenters. The summed E-state index contributed by atoms with van der Waals surface area (Å²) in [5, 5.41) is 6.83. The molecule has 1 amide bonds. The van der Waals surface area contributed by atoms with Gasteiger partial charge in [0.15, 0.2) is 0 Å². The summed E-state index contributed by atoms with van der Waals surface area (Å²) in [6.45, 7) is 3.43. The molecule has 1 saturated carbocycles. The summed E-state index contributed by atoms with van der Waals surface area (Å²) in [4.78, 5) is 11.8. The summed E-state index contributed by atoms with van der Waals surface area (Å²) in [5.74, 6) is -0.0168. The van der Waals surface area contributed by atoms with Crippen LogP contribution in [-0.2, 0) is 16.1 Å². The first-order valence-corrected chi connectivity index (χ1v) is 7.32. The molecule has 0 bridgehead atoms. The van der Waals surface area contributed by atoms with E-state index in [1.807, 2.05) is 6.92 Å². The van der Waals surface area contributed by atoms with Gasteiger partial charge in [0, 0.05) is 25.7 Å². The monoisotopic (exact) mass is 301 g/mol. The average Bonchev–Trinajstić information content (AvgIpc) is 3.20. The van der Waals surface area contributed by atoms with E-state index in [4.69, 9.17) is 4.74 Å². The van der Waals surface area contributed by atoms with E-state index in [0.29, 0.717) is 31.9 Å². The van der Waals surface area contributed by atoms with Crippen LogP contribution in [0.5, 0.6) is 0 Å². The van der Waals surface area contributed by atoms with Crippen LogP contribution in [0.4, 0.5) is 8.78 Å². The molecule has 0 aliphatic heterocycles. The lowest BCUT2D eigenvalue weighted by Crippen LogP contribution is -2.30.